The first kappa shape index (κ1) is 26.0. The Morgan fingerprint density at radius 2 is 1.90 bits per heavy atom. The van der Waals surface area contributed by atoms with Crippen molar-refractivity contribution < 1.29 is 9.47 Å². The molecule has 0 radical (unpaired) electrons. The molecule has 0 aliphatic heterocycles. The summed E-state index contributed by atoms with van der Waals surface area (Å²) in [4.78, 5) is 6.42. The number of likely N-dealkylation sites (N-methyl/N-ethyl adjacent to an activating group) is 1. The molecule has 6 nitrogen and oxygen atoms in total. The van der Waals surface area contributed by atoms with Gasteiger partial charge in [0, 0.05) is 26.7 Å². The van der Waals surface area contributed by atoms with Gasteiger partial charge in [-0.1, -0.05) is 29.8 Å². The van der Waals surface area contributed by atoms with Crippen LogP contribution in [-0.2, 0) is 13.0 Å². The fraction of sp³-hybridized carbons (Fsp3) is 0.435. The summed E-state index contributed by atoms with van der Waals surface area (Å²) >= 11 is 0. The molecule has 2 aromatic carbocycles. The number of methoxy groups -OCH3 is 1. The van der Waals surface area contributed by atoms with Crippen LogP contribution in [0.4, 0.5) is 0 Å². The predicted octanol–water partition coefficient (Wildman–Crippen LogP) is 3.47. The van der Waals surface area contributed by atoms with Gasteiger partial charge in [-0.25, -0.2) is 0 Å². The van der Waals surface area contributed by atoms with Crippen molar-refractivity contribution in [2.75, 3.05) is 47.9 Å². The second-order valence-electron chi connectivity index (χ2n) is 7.22. The van der Waals surface area contributed by atoms with Crippen molar-refractivity contribution in [3.05, 3.63) is 59.2 Å². The Bertz CT molecular complexity index is 797. The molecule has 0 spiro atoms. The van der Waals surface area contributed by atoms with Crippen LogP contribution in [0, 0.1) is 6.92 Å². The van der Waals surface area contributed by atoms with Gasteiger partial charge in [0.1, 0.15) is 18.1 Å². The quantitative estimate of drug-likeness (QED) is 0.282. The minimum Gasteiger partial charge on any atom is -0.496 e. The molecule has 0 aliphatic carbocycles. The first-order chi connectivity index (χ1) is 14.0. The standard InChI is InChI=1S/C23H34N4O2.HI/c1-18-9-10-22(28-5)20(15-18)11-12-25-23(24-2)26-17-19-7-6-8-21(16-19)29-14-13-27(3)4;/h6-10,15-16H,11-14,17H2,1-5H3,(H2,24,25,26);1H. The fourth-order valence-electron chi connectivity index (χ4n) is 2.92. The number of halogens is 1. The summed E-state index contributed by atoms with van der Waals surface area (Å²) in [6.45, 7) is 5.11. The van der Waals surface area contributed by atoms with E-state index in [9.17, 15) is 0 Å². The number of ether oxygens (including phenoxy) is 2. The molecule has 2 N–H and O–H groups in total. The third-order valence-corrected chi connectivity index (χ3v) is 4.51. The molecule has 0 unspecified atom stereocenters. The predicted molar refractivity (Wildman–Crippen MR) is 136 cm³/mol. The average molecular weight is 526 g/mol. The number of aryl methyl sites for hydroxylation is 1. The van der Waals surface area contributed by atoms with Crippen LogP contribution >= 0.6 is 24.0 Å². The van der Waals surface area contributed by atoms with E-state index in [0.717, 1.165) is 42.5 Å². The Morgan fingerprint density at radius 1 is 1.10 bits per heavy atom. The zero-order chi connectivity index (χ0) is 21.1. The maximum absolute atomic E-state index is 5.81. The molecule has 0 aliphatic rings. The van der Waals surface area contributed by atoms with E-state index >= 15 is 0 Å². The number of hydrogen-bond donors (Lipinski definition) is 2. The largest absolute Gasteiger partial charge is 0.496 e. The van der Waals surface area contributed by atoms with Gasteiger partial charge in [-0.15, -0.1) is 24.0 Å². The molecule has 0 saturated heterocycles. The Morgan fingerprint density at radius 3 is 2.60 bits per heavy atom. The van der Waals surface area contributed by atoms with Crippen LogP contribution in [0.2, 0.25) is 0 Å². The normalized spacial score (nSPS) is 11.1. The van der Waals surface area contributed by atoms with Crippen molar-refractivity contribution in [2.24, 2.45) is 4.99 Å². The Labute approximate surface area is 198 Å². The molecular weight excluding hydrogens is 491 g/mol. The van der Waals surface area contributed by atoms with Gasteiger partial charge in [0.25, 0.3) is 0 Å². The van der Waals surface area contributed by atoms with Gasteiger partial charge in [0.05, 0.1) is 7.11 Å². The lowest BCUT2D eigenvalue weighted by molar-refractivity contribution is 0.261. The zero-order valence-corrected chi connectivity index (χ0v) is 21.0. The number of nitrogens with zero attached hydrogens (tertiary/aromatic N) is 2. The molecule has 7 heteroatoms. The number of nitrogens with one attached hydrogen (secondary N) is 2. The molecule has 0 amide bonds. The molecule has 166 valence electrons. The maximum Gasteiger partial charge on any atom is 0.191 e. The van der Waals surface area contributed by atoms with Crippen molar-refractivity contribution in [3.8, 4) is 11.5 Å². The lowest BCUT2D eigenvalue weighted by Crippen LogP contribution is -2.37. The van der Waals surface area contributed by atoms with Crippen molar-refractivity contribution in [1.29, 1.82) is 0 Å². The van der Waals surface area contributed by atoms with Gasteiger partial charge in [0.2, 0.25) is 0 Å². The monoisotopic (exact) mass is 526 g/mol. The average Bonchev–Trinajstić information content (AvgIpc) is 2.70. The molecule has 0 fully saturated rings. The third-order valence-electron chi connectivity index (χ3n) is 4.51. The maximum atomic E-state index is 5.81. The van der Waals surface area contributed by atoms with E-state index in [1.54, 1.807) is 14.2 Å². The minimum absolute atomic E-state index is 0. The van der Waals surface area contributed by atoms with Crippen molar-refractivity contribution in [3.63, 3.8) is 0 Å². The van der Waals surface area contributed by atoms with Crippen molar-refractivity contribution in [1.82, 2.24) is 15.5 Å². The number of aliphatic imine (C=N–C) groups is 1. The molecule has 2 aromatic rings. The first-order valence-electron chi connectivity index (χ1n) is 9.96. The second kappa shape index (κ2) is 14.1. The minimum atomic E-state index is 0. The van der Waals surface area contributed by atoms with Gasteiger partial charge < -0.3 is 25.0 Å². The van der Waals surface area contributed by atoms with Gasteiger partial charge in [-0.3, -0.25) is 4.99 Å². The lowest BCUT2D eigenvalue weighted by atomic mass is 10.1. The topological polar surface area (TPSA) is 58.1 Å². The summed E-state index contributed by atoms with van der Waals surface area (Å²) in [6, 6.07) is 14.4. The van der Waals surface area contributed by atoms with Crippen LogP contribution in [-0.4, -0.2) is 58.8 Å². The molecular formula is C23H35IN4O2. The number of hydrogen-bond acceptors (Lipinski definition) is 4. The number of rotatable bonds is 10. The molecule has 2 rings (SSSR count). The Hall–Kier alpha value is -2.00. The van der Waals surface area contributed by atoms with E-state index in [2.05, 4.69) is 51.7 Å². The van der Waals surface area contributed by atoms with Crippen molar-refractivity contribution >= 4 is 29.9 Å². The second-order valence-corrected chi connectivity index (χ2v) is 7.22. The molecule has 0 atom stereocenters. The van der Waals surface area contributed by atoms with E-state index in [0.29, 0.717) is 13.2 Å². The van der Waals surface area contributed by atoms with Crippen LogP contribution in [0.3, 0.4) is 0 Å². The summed E-state index contributed by atoms with van der Waals surface area (Å²) < 4.78 is 11.3. The molecule has 30 heavy (non-hydrogen) atoms. The molecule has 0 bridgehead atoms. The smallest absolute Gasteiger partial charge is 0.191 e. The summed E-state index contributed by atoms with van der Waals surface area (Å²) in [5, 5.41) is 6.72. The number of guanidine groups is 1. The van der Waals surface area contributed by atoms with E-state index < -0.39 is 0 Å². The Kier molecular flexibility index (Phi) is 12.2. The molecule has 0 aromatic heterocycles. The molecule has 0 saturated carbocycles. The highest BCUT2D eigenvalue weighted by atomic mass is 127. The van der Waals surface area contributed by atoms with Crippen molar-refractivity contribution in [2.45, 2.75) is 19.9 Å². The van der Waals surface area contributed by atoms with Gasteiger partial charge in [-0.05, 0) is 56.8 Å². The van der Waals surface area contributed by atoms with Crippen LogP contribution in [0.25, 0.3) is 0 Å². The summed E-state index contributed by atoms with van der Waals surface area (Å²) in [6.07, 6.45) is 0.862. The first-order valence-corrected chi connectivity index (χ1v) is 9.96. The highest BCUT2D eigenvalue weighted by molar-refractivity contribution is 14.0. The van der Waals surface area contributed by atoms with Crippen LogP contribution < -0.4 is 20.1 Å². The highest BCUT2D eigenvalue weighted by Crippen LogP contribution is 2.19. The third kappa shape index (κ3) is 9.21. The van der Waals surface area contributed by atoms with E-state index in [1.807, 2.05) is 32.3 Å². The van der Waals surface area contributed by atoms with Gasteiger partial charge in [-0.2, -0.15) is 0 Å². The summed E-state index contributed by atoms with van der Waals surface area (Å²) in [5.74, 6) is 2.59. The highest BCUT2D eigenvalue weighted by Gasteiger charge is 2.05. The summed E-state index contributed by atoms with van der Waals surface area (Å²) in [5.41, 5.74) is 3.57. The van der Waals surface area contributed by atoms with Gasteiger partial charge in [0.15, 0.2) is 5.96 Å². The van der Waals surface area contributed by atoms with Crippen LogP contribution in [0.1, 0.15) is 16.7 Å². The van der Waals surface area contributed by atoms with Gasteiger partial charge >= 0.3 is 0 Å². The number of benzene rings is 2. The van der Waals surface area contributed by atoms with E-state index in [1.165, 1.54) is 11.1 Å². The zero-order valence-electron chi connectivity index (χ0n) is 18.7. The van der Waals surface area contributed by atoms with Crippen LogP contribution in [0.15, 0.2) is 47.5 Å². The SMILES string of the molecule is CN=C(NCCc1cc(C)ccc1OC)NCc1cccc(OCCN(C)C)c1.I. The molecule has 0 heterocycles. The fourth-order valence-corrected chi connectivity index (χ4v) is 2.92. The summed E-state index contributed by atoms with van der Waals surface area (Å²) in [7, 11) is 7.57. The van der Waals surface area contributed by atoms with E-state index in [4.69, 9.17) is 9.47 Å². The lowest BCUT2D eigenvalue weighted by Gasteiger charge is -2.14. The van der Waals surface area contributed by atoms with Crippen LogP contribution in [0.5, 0.6) is 11.5 Å². The Balaban J connectivity index is 0.00000450. The van der Waals surface area contributed by atoms with E-state index in [-0.39, 0.29) is 24.0 Å².